The second-order valence-corrected chi connectivity index (χ2v) is 7.92. The van der Waals surface area contributed by atoms with Crippen LogP contribution in [0.25, 0.3) is 0 Å². The minimum absolute atomic E-state index is 0.325. The van der Waals surface area contributed by atoms with Gasteiger partial charge in [-0.1, -0.05) is 42.0 Å². The summed E-state index contributed by atoms with van der Waals surface area (Å²) in [6, 6.07) is 9.80. The van der Waals surface area contributed by atoms with Gasteiger partial charge < -0.3 is 5.11 Å². The van der Waals surface area contributed by atoms with E-state index < -0.39 is 11.3 Å². The number of rotatable bonds is 4. The van der Waals surface area contributed by atoms with Crippen LogP contribution in [-0.4, -0.2) is 10.8 Å². The topological polar surface area (TPSA) is 20.2 Å². The minimum Gasteiger partial charge on any atom is -0.381 e. The van der Waals surface area contributed by atoms with Crippen molar-refractivity contribution in [1.82, 2.24) is 0 Å². The lowest BCUT2D eigenvalue weighted by Crippen LogP contribution is -2.49. The lowest BCUT2D eigenvalue weighted by atomic mass is 9.52. The lowest BCUT2D eigenvalue weighted by Gasteiger charge is -2.54. The van der Waals surface area contributed by atoms with Gasteiger partial charge in [0.15, 0.2) is 0 Å². The second kappa shape index (κ2) is 5.31. The Morgan fingerprint density at radius 1 is 1.17 bits per heavy atom. The van der Waals surface area contributed by atoms with Gasteiger partial charge in [-0.05, 0) is 61.5 Å². The quantitative estimate of drug-likeness (QED) is 0.782. The van der Waals surface area contributed by atoms with Crippen molar-refractivity contribution in [2.75, 3.05) is 0 Å². The molecule has 4 saturated carbocycles. The van der Waals surface area contributed by atoms with Gasteiger partial charge in [0, 0.05) is 6.42 Å². The summed E-state index contributed by atoms with van der Waals surface area (Å²) in [5.74, 6) is 1.21. The van der Waals surface area contributed by atoms with Crippen molar-refractivity contribution in [2.45, 2.75) is 49.8 Å². The van der Waals surface area contributed by atoms with Gasteiger partial charge in [0.1, 0.15) is 11.3 Å². The average molecular weight is 312 g/mol. The maximum atomic E-state index is 14.9. The molecule has 5 rings (SSSR count). The van der Waals surface area contributed by atoms with Gasteiger partial charge in [-0.25, -0.2) is 4.39 Å². The van der Waals surface area contributed by atoms with Gasteiger partial charge >= 0.3 is 0 Å². The number of allylic oxidation sites excluding steroid dienone is 1. The Morgan fingerprint density at radius 3 is 2.39 bits per heavy atom. The maximum Gasteiger partial charge on any atom is 0.112 e. The Balaban J connectivity index is 1.71. The number of benzene rings is 1. The van der Waals surface area contributed by atoms with Crippen LogP contribution in [0, 0.1) is 17.8 Å². The van der Waals surface area contributed by atoms with E-state index in [1.807, 2.05) is 30.3 Å². The zero-order valence-electron chi connectivity index (χ0n) is 13.5. The first-order valence-corrected chi connectivity index (χ1v) is 8.82. The Hall–Kier alpha value is -1.41. The van der Waals surface area contributed by atoms with Crippen LogP contribution >= 0.6 is 0 Å². The highest BCUT2D eigenvalue weighted by atomic mass is 19.1. The molecule has 4 bridgehead atoms. The molecule has 1 aromatic rings. The molecule has 0 saturated heterocycles. The van der Waals surface area contributed by atoms with Crippen LogP contribution in [0.15, 0.2) is 54.6 Å². The van der Waals surface area contributed by atoms with E-state index in [-0.39, 0.29) is 0 Å². The van der Waals surface area contributed by atoms with Crippen molar-refractivity contribution in [2.24, 2.45) is 17.8 Å². The molecule has 0 aromatic heterocycles. The fourth-order valence-electron chi connectivity index (χ4n) is 5.44. The summed E-state index contributed by atoms with van der Waals surface area (Å²) in [6.07, 6.45) is 8.61. The third kappa shape index (κ3) is 2.57. The third-order valence-electron chi connectivity index (χ3n) is 6.19. The Bertz CT molecular complexity index is 617. The Kier molecular flexibility index (Phi) is 3.49. The third-order valence-corrected chi connectivity index (χ3v) is 6.19. The van der Waals surface area contributed by atoms with Crippen molar-refractivity contribution in [1.29, 1.82) is 0 Å². The summed E-state index contributed by atoms with van der Waals surface area (Å²) in [5, 5.41) is 11.3. The van der Waals surface area contributed by atoms with Crippen molar-refractivity contribution >= 4 is 0 Å². The summed E-state index contributed by atoms with van der Waals surface area (Å²) in [7, 11) is 0. The standard InChI is InChI=1S/C21H25FO/c1-2-8-21(23,18-6-4-3-5-7-18)14-19-16-9-15-10-17(19)13-20(22,11-15)12-16/h2-7,14-17,23H,1,8-13H2. The Morgan fingerprint density at radius 2 is 1.83 bits per heavy atom. The second-order valence-electron chi connectivity index (χ2n) is 7.92. The molecule has 2 heteroatoms. The average Bonchev–Trinajstić information content (AvgIpc) is 2.51. The summed E-state index contributed by atoms with van der Waals surface area (Å²) >= 11 is 0. The van der Waals surface area contributed by atoms with Gasteiger partial charge in [-0.2, -0.15) is 0 Å². The number of hydrogen-bond acceptors (Lipinski definition) is 1. The monoisotopic (exact) mass is 312 g/mol. The minimum atomic E-state index is -1.02. The first-order chi connectivity index (χ1) is 11.0. The van der Waals surface area contributed by atoms with E-state index in [4.69, 9.17) is 0 Å². The van der Waals surface area contributed by atoms with Gasteiger partial charge in [0.05, 0.1) is 0 Å². The predicted molar refractivity (Wildman–Crippen MR) is 90.6 cm³/mol. The van der Waals surface area contributed by atoms with Gasteiger partial charge in [0.25, 0.3) is 0 Å². The van der Waals surface area contributed by atoms with Crippen molar-refractivity contribution in [3.8, 4) is 0 Å². The smallest absolute Gasteiger partial charge is 0.112 e. The number of halogens is 1. The van der Waals surface area contributed by atoms with E-state index in [1.54, 1.807) is 6.08 Å². The molecule has 0 heterocycles. The molecule has 1 nitrogen and oxygen atoms in total. The van der Waals surface area contributed by atoms with Gasteiger partial charge in [0.2, 0.25) is 0 Å². The lowest BCUT2D eigenvalue weighted by molar-refractivity contribution is -0.0430. The highest BCUT2D eigenvalue weighted by Crippen LogP contribution is 2.60. The molecule has 4 fully saturated rings. The van der Waals surface area contributed by atoms with E-state index in [9.17, 15) is 9.50 Å². The molecule has 0 amide bonds. The highest BCUT2D eigenvalue weighted by Gasteiger charge is 2.54. The van der Waals surface area contributed by atoms with Crippen molar-refractivity contribution in [3.63, 3.8) is 0 Å². The molecule has 4 aliphatic rings. The maximum absolute atomic E-state index is 14.9. The molecule has 0 aliphatic heterocycles. The van der Waals surface area contributed by atoms with E-state index in [0.717, 1.165) is 24.8 Å². The van der Waals surface area contributed by atoms with Crippen LogP contribution in [0.1, 0.15) is 44.1 Å². The largest absolute Gasteiger partial charge is 0.381 e. The van der Waals surface area contributed by atoms with Gasteiger partial charge in [-0.15, -0.1) is 6.58 Å². The van der Waals surface area contributed by atoms with Gasteiger partial charge in [-0.3, -0.25) is 0 Å². The fourth-order valence-corrected chi connectivity index (χ4v) is 5.44. The molecule has 3 unspecified atom stereocenters. The Labute approximate surface area is 137 Å². The molecule has 122 valence electrons. The molecule has 0 radical (unpaired) electrons. The van der Waals surface area contributed by atoms with E-state index in [1.165, 1.54) is 5.57 Å². The fraction of sp³-hybridized carbons (Fsp3) is 0.524. The van der Waals surface area contributed by atoms with E-state index >= 15 is 0 Å². The molecule has 4 aliphatic carbocycles. The predicted octanol–water partition coefficient (Wildman–Crippen LogP) is 4.92. The van der Waals surface area contributed by atoms with Crippen LogP contribution in [-0.2, 0) is 5.60 Å². The van der Waals surface area contributed by atoms with Crippen LogP contribution < -0.4 is 0 Å². The summed E-state index contributed by atoms with van der Waals surface area (Å²) in [5.41, 5.74) is 0.257. The first-order valence-electron chi connectivity index (χ1n) is 8.82. The van der Waals surface area contributed by atoms with Crippen LogP contribution in [0.5, 0.6) is 0 Å². The van der Waals surface area contributed by atoms with E-state index in [2.05, 4.69) is 12.7 Å². The van der Waals surface area contributed by atoms with Crippen LogP contribution in [0.3, 0.4) is 0 Å². The number of hydrogen-bond donors (Lipinski definition) is 1. The zero-order valence-corrected chi connectivity index (χ0v) is 13.5. The SMILES string of the molecule is C=CCC(O)(C=C1C2CC3CC1CC(F)(C3)C2)c1ccccc1. The molecule has 3 atom stereocenters. The first kappa shape index (κ1) is 15.1. The number of alkyl halides is 1. The summed E-state index contributed by atoms with van der Waals surface area (Å²) < 4.78 is 14.9. The number of aliphatic hydroxyl groups is 1. The molecular weight excluding hydrogens is 287 g/mol. The summed E-state index contributed by atoms with van der Waals surface area (Å²) in [6.45, 7) is 3.82. The van der Waals surface area contributed by atoms with E-state index in [0.29, 0.717) is 37.0 Å². The molecule has 1 aromatic carbocycles. The normalized spacial score (nSPS) is 37.5. The zero-order chi connectivity index (χ0) is 16.1. The molecule has 23 heavy (non-hydrogen) atoms. The molecule has 0 spiro atoms. The molecular formula is C21H25FO. The van der Waals surface area contributed by atoms with Crippen LogP contribution in [0.4, 0.5) is 4.39 Å². The summed E-state index contributed by atoms with van der Waals surface area (Å²) in [4.78, 5) is 0. The highest BCUT2D eigenvalue weighted by molar-refractivity contribution is 5.34. The molecule has 1 N–H and O–H groups in total. The van der Waals surface area contributed by atoms with Crippen LogP contribution in [0.2, 0.25) is 0 Å². The van der Waals surface area contributed by atoms with Crippen molar-refractivity contribution in [3.05, 3.63) is 60.2 Å². The van der Waals surface area contributed by atoms with Crippen molar-refractivity contribution < 1.29 is 9.50 Å².